The summed E-state index contributed by atoms with van der Waals surface area (Å²) >= 11 is 0. The van der Waals surface area contributed by atoms with Crippen LogP contribution in [0.3, 0.4) is 0 Å². The lowest BCUT2D eigenvalue weighted by molar-refractivity contribution is -0.116. The second-order valence-electron chi connectivity index (χ2n) is 6.16. The molecule has 2 aromatic carbocycles. The summed E-state index contributed by atoms with van der Waals surface area (Å²) in [6.07, 6.45) is 2.36. The summed E-state index contributed by atoms with van der Waals surface area (Å²) in [6.45, 7) is 3.48. The summed E-state index contributed by atoms with van der Waals surface area (Å²) < 4.78 is 0. The first-order valence-electron chi connectivity index (χ1n) is 7.56. The van der Waals surface area contributed by atoms with E-state index < -0.39 is 0 Å². The van der Waals surface area contributed by atoms with Crippen molar-refractivity contribution in [3.63, 3.8) is 0 Å². The van der Waals surface area contributed by atoms with Gasteiger partial charge < -0.3 is 0 Å². The fourth-order valence-electron chi connectivity index (χ4n) is 3.66. The summed E-state index contributed by atoms with van der Waals surface area (Å²) in [4.78, 5) is 24.8. The van der Waals surface area contributed by atoms with Gasteiger partial charge in [0.1, 0.15) is 0 Å². The summed E-state index contributed by atoms with van der Waals surface area (Å²) in [7, 11) is 0. The Balaban J connectivity index is 1.88. The lowest BCUT2D eigenvalue weighted by Crippen LogP contribution is -2.20. The standard InChI is InChI=1S/C20H16O2/c1-11-12(2)20(22)17(10-18(11)21)16-9-14-7-3-5-13-6-4-8-15(16)19(13)14/h3-8,10,16H,9H2,1-2H3. The fourth-order valence-corrected chi connectivity index (χ4v) is 3.66. The molecule has 22 heavy (non-hydrogen) atoms. The smallest absolute Gasteiger partial charge is 0.185 e. The molecule has 0 fully saturated rings. The van der Waals surface area contributed by atoms with Crippen LogP contribution in [0.4, 0.5) is 0 Å². The summed E-state index contributed by atoms with van der Waals surface area (Å²) in [5.41, 5.74) is 4.25. The molecule has 0 heterocycles. The first-order valence-corrected chi connectivity index (χ1v) is 7.56. The second kappa shape index (κ2) is 4.51. The van der Waals surface area contributed by atoms with Gasteiger partial charge in [0, 0.05) is 22.6 Å². The Labute approximate surface area is 129 Å². The molecule has 1 unspecified atom stereocenters. The van der Waals surface area contributed by atoms with Crippen LogP contribution in [-0.4, -0.2) is 11.6 Å². The van der Waals surface area contributed by atoms with E-state index in [0.717, 1.165) is 6.42 Å². The van der Waals surface area contributed by atoms with Crippen LogP contribution < -0.4 is 0 Å². The van der Waals surface area contributed by atoms with Gasteiger partial charge in [-0.25, -0.2) is 0 Å². The highest BCUT2D eigenvalue weighted by Crippen LogP contribution is 2.43. The van der Waals surface area contributed by atoms with E-state index in [9.17, 15) is 9.59 Å². The summed E-state index contributed by atoms with van der Waals surface area (Å²) in [5.74, 6) is -0.0114. The van der Waals surface area contributed by atoms with Crippen LogP contribution in [0.5, 0.6) is 0 Å². The molecule has 0 bridgehead atoms. The third-order valence-electron chi connectivity index (χ3n) is 5.02. The van der Waals surface area contributed by atoms with Gasteiger partial charge in [0.2, 0.25) is 0 Å². The molecular formula is C20H16O2. The van der Waals surface area contributed by atoms with Gasteiger partial charge in [-0.2, -0.15) is 0 Å². The van der Waals surface area contributed by atoms with E-state index in [0.29, 0.717) is 16.7 Å². The molecule has 2 aliphatic rings. The molecule has 1 atom stereocenters. The van der Waals surface area contributed by atoms with Crippen molar-refractivity contribution in [1.82, 2.24) is 0 Å². The Kier molecular flexibility index (Phi) is 2.70. The van der Waals surface area contributed by atoms with Crippen LogP contribution >= 0.6 is 0 Å². The predicted octanol–water partition coefficient (Wildman–Crippen LogP) is 3.89. The van der Waals surface area contributed by atoms with Crippen LogP contribution in [0, 0.1) is 0 Å². The Hall–Kier alpha value is -2.48. The Morgan fingerprint density at radius 3 is 2.45 bits per heavy atom. The van der Waals surface area contributed by atoms with Crippen LogP contribution in [0.1, 0.15) is 30.9 Å². The predicted molar refractivity (Wildman–Crippen MR) is 86.9 cm³/mol. The van der Waals surface area contributed by atoms with Crippen molar-refractivity contribution in [1.29, 1.82) is 0 Å². The average Bonchev–Trinajstić information content (AvgIpc) is 2.90. The monoisotopic (exact) mass is 288 g/mol. The van der Waals surface area contributed by atoms with Crippen molar-refractivity contribution in [2.45, 2.75) is 26.2 Å². The van der Waals surface area contributed by atoms with Crippen LogP contribution in [0.25, 0.3) is 10.8 Å². The normalized spacial score (nSPS) is 20.8. The lowest BCUT2D eigenvalue weighted by Gasteiger charge is -2.20. The summed E-state index contributed by atoms with van der Waals surface area (Å²) in [5, 5.41) is 2.45. The molecule has 0 saturated carbocycles. The molecule has 2 aliphatic carbocycles. The zero-order valence-electron chi connectivity index (χ0n) is 12.6. The van der Waals surface area contributed by atoms with E-state index in [1.54, 1.807) is 19.9 Å². The number of rotatable bonds is 1. The van der Waals surface area contributed by atoms with Crippen molar-refractivity contribution in [2.24, 2.45) is 0 Å². The maximum Gasteiger partial charge on any atom is 0.185 e. The van der Waals surface area contributed by atoms with Gasteiger partial charge in [0.25, 0.3) is 0 Å². The van der Waals surface area contributed by atoms with E-state index >= 15 is 0 Å². The molecule has 0 N–H and O–H groups in total. The molecule has 0 aromatic heterocycles. The number of hydrogen-bond donors (Lipinski definition) is 0. The molecule has 2 heteroatoms. The number of carbonyl (C=O) groups excluding carboxylic acids is 2. The quantitative estimate of drug-likeness (QED) is 0.746. The highest BCUT2D eigenvalue weighted by Gasteiger charge is 2.33. The van der Waals surface area contributed by atoms with Crippen molar-refractivity contribution in [3.05, 3.63) is 70.3 Å². The molecule has 2 aromatic rings. The first-order chi connectivity index (χ1) is 10.6. The summed E-state index contributed by atoms with van der Waals surface area (Å²) in [6, 6.07) is 12.5. The van der Waals surface area contributed by atoms with Crippen LogP contribution in [0.15, 0.2) is 59.2 Å². The molecule has 108 valence electrons. The lowest BCUT2D eigenvalue weighted by atomic mass is 9.81. The third-order valence-corrected chi connectivity index (χ3v) is 5.02. The SMILES string of the molecule is CC1=C(C)C(=O)C(C2Cc3cccc4cccc2c34)=CC1=O. The number of Topliss-reactive ketones (excluding diaryl/α,β-unsaturated/α-hetero) is 1. The van der Waals surface area contributed by atoms with Gasteiger partial charge in [-0.3, -0.25) is 9.59 Å². The van der Waals surface area contributed by atoms with Gasteiger partial charge in [0.05, 0.1) is 0 Å². The molecular weight excluding hydrogens is 272 g/mol. The molecule has 0 spiro atoms. The van der Waals surface area contributed by atoms with E-state index in [1.165, 1.54) is 21.9 Å². The van der Waals surface area contributed by atoms with Crippen LogP contribution in [0.2, 0.25) is 0 Å². The molecule has 0 saturated heterocycles. The Morgan fingerprint density at radius 2 is 1.68 bits per heavy atom. The van der Waals surface area contributed by atoms with Gasteiger partial charge in [0.15, 0.2) is 11.6 Å². The van der Waals surface area contributed by atoms with Gasteiger partial charge in [-0.15, -0.1) is 0 Å². The highest BCUT2D eigenvalue weighted by molar-refractivity contribution is 6.23. The topological polar surface area (TPSA) is 34.1 Å². The Morgan fingerprint density at radius 1 is 0.955 bits per heavy atom. The first kappa shape index (κ1) is 13.2. The van der Waals surface area contributed by atoms with Crippen molar-refractivity contribution < 1.29 is 9.59 Å². The van der Waals surface area contributed by atoms with E-state index in [4.69, 9.17) is 0 Å². The number of benzene rings is 2. The van der Waals surface area contributed by atoms with Crippen molar-refractivity contribution in [3.8, 4) is 0 Å². The van der Waals surface area contributed by atoms with E-state index in [1.807, 2.05) is 6.07 Å². The fraction of sp³-hybridized carbons (Fsp3) is 0.200. The largest absolute Gasteiger partial charge is 0.290 e. The zero-order valence-corrected chi connectivity index (χ0v) is 12.6. The van der Waals surface area contributed by atoms with Crippen molar-refractivity contribution in [2.75, 3.05) is 0 Å². The third kappa shape index (κ3) is 1.67. The van der Waals surface area contributed by atoms with Gasteiger partial charge in [-0.1, -0.05) is 36.4 Å². The maximum atomic E-state index is 12.7. The molecule has 0 amide bonds. The molecule has 0 aliphatic heterocycles. The van der Waals surface area contributed by atoms with Crippen molar-refractivity contribution >= 4 is 22.3 Å². The zero-order chi connectivity index (χ0) is 15.4. The average molecular weight is 288 g/mol. The number of hydrogen-bond acceptors (Lipinski definition) is 2. The second-order valence-corrected chi connectivity index (χ2v) is 6.16. The van der Waals surface area contributed by atoms with Gasteiger partial charge in [-0.05, 0) is 48.2 Å². The number of allylic oxidation sites excluding steroid dienone is 4. The molecule has 4 rings (SSSR count). The highest BCUT2D eigenvalue weighted by atomic mass is 16.1. The minimum Gasteiger partial charge on any atom is -0.290 e. The number of ketones is 2. The maximum absolute atomic E-state index is 12.7. The Bertz CT molecular complexity index is 907. The molecule has 0 radical (unpaired) electrons. The van der Waals surface area contributed by atoms with E-state index in [2.05, 4.69) is 30.3 Å². The van der Waals surface area contributed by atoms with E-state index in [-0.39, 0.29) is 17.5 Å². The minimum absolute atomic E-state index is 0.000556. The minimum atomic E-state index is -0.0322. The van der Waals surface area contributed by atoms with Crippen LogP contribution in [-0.2, 0) is 16.0 Å². The molecule has 2 nitrogen and oxygen atoms in total. The number of carbonyl (C=O) groups is 2. The van der Waals surface area contributed by atoms with Gasteiger partial charge >= 0.3 is 0 Å².